The van der Waals surface area contributed by atoms with Gasteiger partial charge in [-0.05, 0) is 49.1 Å². The number of hydrogen-bond donors (Lipinski definition) is 1. The molecule has 1 amide bonds. The van der Waals surface area contributed by atoms with Gasteiger partial charge in [-0.1, -0.05) is 36.4 Å². The van der Waals surface area contributed by atoms with Crippen molar-refractivity contribution in [3.05, 3.63) is 71.0 Å². The SMILES string of the molecule is Cc1ccccc1[C@H](C)NC(=O)CCc1ccc(F)cc1. The van der Waals surface area contributed by atoms with E-state index in [9.17, 15) is 9.18 Å². The lowest BCUT2D eigenvalue weighted by Gasteiger charge is -2.16. The number of carbonyl (C=O) groups excluding carboxylic acids is 1. The highest BCUT2D eigenvalue weighted by molar-refractivity contribution is 5.76. The normalized spacial score (nSPS) is 12.0. The summed E-state index contributed by atoms with van der Waals surface area (Å²) >= 11 is 0. The first-order chi connectivity index (χ1) is 10.1. The molecule has 1 atom stereocenters. The van der Waals surface area contributed by atoms with E-state index in [0.717, 1.165) is 11.1 Å². The van der Waals surface area contributed by atoms with Gasteiger partial charge in [-0.25, -0.2) is 4.39 Å². The van der Waals surface area contributed by atoms with Crippen LogP contribution in [0.5, 0.6) is 0 Å². The molecule has 0 spiro atoms. The molecule has 0 saturated carbocycles. The molecule has 0 fully saturated rings. The Bertz CT molecular complexity index is 607. The first kappa shape index (κ1) is 15.2. The summed E-state index contributed by atoms with van der Waals surface area (Å²) in [5, 5.41) is 3.01. The van der Waals surface area contributed by atoms with Crippen molar-refractivity contribution >= 4 is 5.91 Å². The van der Waals surface area contributed by atoms with Crippen molar-refractivity contribution in [2.45, 2.75) is 32.7 Å². The van der Waals surface area contributed by atoms with Crippen LogP contribution in [0.1, 0.15) is 36.1 Å². The summed E-state index contributed by atoms with van der Waals surface area (Å²) < 4.78 is 12.8. The Morgan fingerprint density at radius 2 is 1.81 bits per heavy atom. The molecule has 0 saturated heterocycles. The van der Waals surface area contributed by atoms with Crippen LogP contribution < -0.4 is 5.32 Å². The van der Waals surface area contributed by atoms with Crippen molar-refractivity contribution in [3.8, 4) is 0 Å². The Balaban J connectivity index is 1.87. The number of aryl methyl sites for hydroxylation is 2. The Morgan fingerprint density at radius 3 is 2.48 bits per heavy atom. The second-order valence-corrected chi connectivity index (χ2v) is 5.27. The zero-order valence-electron chi connectivity index (χ0n) is 12.4. The van der Waals surface area contributed by atoms with E-state index >= 15 is 0 Å². The number of halogens is 1. The van der Waals surface area contributed by atoms with Gasteiger partial charge in [-0.15, -0.1) is 0 Å². The third-order valence-corrected chi connectivity index (χ3v) is 3.59. The maximum Gasteiger partial charge on any atom is 0.220 e. The predicted octanol–water partition coefficient (Wildman–Crippen LogP) is 3.94. The van der Waals surface area contributed by atoms with E-state index in [1.54, 1.807) is 12.1 Å². The van der Waals surface area contributed by atoms with E-state index in [-0.39, 0.29) is 17.8 Å². The van der Waals surface area contributed by atoms with Crippen molar-refractivity contribution in [2.24, 2.45) is 0 Å². The van der Waals surface area contributed by atoms with Crippen LogP contribution in [0.25, 0.3) is 0 Å². The Hall–Kier alpha value is -2.16. The summed E-state index contributed by atoms with van der Waals surface area (Å²) in [6.45, 7) is 4.02. The highest BCUT2D eigenvalue weighted by atomic mass is 19.1. The molecule has 2 rings (SSSR count). The van der Waals surface area contributed by atoms with Crippen LogP contribution in [-0.4, -0.2) is 5.91 Å². The summed E-state index contributed by atoms with van der Waals surface area (Å²) in [7, 11) is 0. The molecule has 0 aliphatic rings. The third kappa shape index (κ3) is 4.42. The first-order valence-electron chi connectivity index (χ1n) is 7.15. The fraction of sp³-hybridized carbons (Fsp3) is 0.278. The molecular weight excluding hydrogens is 265 g/mol. The van der Waals surface area contributed by atoms with Crippen LogP contribution in [0.3, 0.4) is 0 Å². The van der Waals surface area contributed by atoms with Crippen molar-refractivity contribution in [1.29, 1.82) is 0 Å². The topological polar surface area (TPSA) is 29.1 Å². The van der Waals surface area contributed by atoms with E-state index in [2.05, 4.69) is 5.32 Å². The number of hydrogen-bond acceptors (Lipinski definition) is 1. The highest BCUT2D eigenvalue weighted by Gasteiger charge is 2.11. The van der Waals surface area contributed by atoms with Crippen LogP contribution in [0.4, 0.5) is 4.39 Å². The monoisotopic (exact) mass is 285 g/mol. The molecule has 2 nitrogen and oxygen atoms in total. The van der Waals surface area contributed by atoms with Gasteiger partial charge in [-0.2, -0.15) is 0 Å². The molecule has 0 unspecified atom stereocenters. The van der Waals surface area contributed by atoms with E-state index < -0.39 is 0 Å². The van der Waals surface area contributed by atoms with Crippen LogP contribution in [0, 0.1) is 12.7 Å². The van der Waals surface area contributed by atoms with Gasteiger partial charge in [0, 0.05) is 6.42 Å². The van der Waals surface area contributed by atoms with Crippen LogP contribution >= 0.6 is 0 Å². The van der Waals surface area contributed by atoms with Crippen LogP contribution in [0.15, 0.2) is 48.5 Å². The van der Waals surface area contributed by atoms with Crippen LogP contribution in [0.2, 0.25) is 0 Å². The second-order valence-electron chi connectivity index (χ2n) is 5.27. The maximum absolute atomic E-state index is 12.8. The lowest BCUT2D eigenvalue weighted by atomic mass is 10.0. The molecule has 0 aliphatic carbocycles. The summed E-state index contributed by atoms with van der Waals surface area (Å²) in [6, 6.07) is 14.3. The van der Waals surface area contributed by atoms with Crippen LogP contribution in [-0.2, 0) is 11.2 Å². The Kier molecular flexibility index (Phi) is 5.09. The van der Waals surface area contributed by atoms with E-state index in [4.69, 9.17) is 0 Å². The lowest BCUT2D eigenvalue weighted by molar-refractivity contribution is -0.121. The molecule has 110 valence electrons. The minimum atomic E-state index is -0.253. The second kappa shape index (κ2) is 7.02. The summed E-state index contributed by atoms with van der Waals surface area (Å²) in [4.78, 5) is 12.0. The third-order valence-electron chi connectivity index (χ3n) is 3.59. The Labute approximate surface area is 125 Å². The number of amides is 1. The molecule has 21 heavy (non-hydrogen) atoms. The molecule has 0 aliphatic heterocycles. The van der Waals surface area contributed by atoms with Gasteiger partial charge in [0.05, 0.1) is 6.04 Å². The minimum absolute atomic E-state index is 0.00748. The smallest absolute Gasteiger partial charge is 0.220 e. The van der Waals surface area contributed by atoms with E-state index in [1.807, 2.05) is 38.1 Å². The molecule has 0 aromatic heterocycles. The molecule has 0 radical (unpaired) electrons. The molecular formula is C18H20FNO. The minimum Gasteiger partial charge on any atom is -0.350 e. The quantitative estimate of drug-likeness (QED) is 0.885. The number of rotatable bonds is 5. The largest absolute Gasteiger partial charge is 0.350 e. The summed E-state index contributed by atoms with van der Waals surface area (Å²) in [5.74, 6) is -0.244. The van der Waals surface area contributed by atoms with E-state index in [0.29, 0.717) is 12.8 Å². The van der Waals surface area contributed by atoms with Gasteiger partial charge in [0.15, 0.2) is 0 Å². The Morgan fingerprint density at radius 1 is 1.14 bits per heavy atom. The fourth-order valence-electron chi connectivity index (χ4n) is 2.37. The summed E-state index contributed by atoms with van der Waals surface area (Å²) in [5.41, 5.74) is 3.27. The van der Waals surface area contributed by atoms with Gasteiger partial charge < -0.3 is 5.32 Å². The average Bonchev–Trinajstić information content (AvgIpc) is 2.47. The van der Waals surface area contributed by atoms with Crippen molar-refractivity contribution in [2.75, 3.05) is 0 Å². The highest BCUT2D eigenvalue weighted by Crippen LogP contribution is 2.16. The van der Waals surface area contributed by atoms with Gasteiger partial charge in [0.25, 0.3) is 0 Å². The average molecular weight is 285 g/mol. The molecule has 2 aromatic rings. The molecule has 0 bridgehead atoms. The van der Waals surface area contributed by atoms with Crippen molar-refractivity contribution in [3.63, 3.8) is 0 Å². The molecule has 0 heterocycles. The van der Waals surface area contributed by atoms with E-state index in [1.165, 1.54) is 17.7 Å². The van der Waals surface area contributed by atoms with Gasteiger partial charge >= 0.3 is 0 Å². The number of carbonyl (C=O) groups is 1. The zero-order valence-corrected chi connectivity index (χ0v) is 12.4. The fourth-order valence-corrected chi connectivity index (χ4v) is 2.37. The molecule has 3 heteroatoms. The van der Waals surface area contributed by atoms with Gasteiger partial charge in [0.1, 0.15) is 5.82 Å². The molecule has 1 N–H and O–H groups in total. The zero-order chi connectivity index (χ0) is 15.2. The van der Waals surface area contributed by atoms with Crippen molar-refractivity contribution < 1.29 is 9.18 Å². The van der Waals surface area contributed by atoms with Gasteiger partial charge in [-0.3, -0.25) is 4.79 Å². The number of nitrogens with one attached hydrogen (secondary N) is 1. The molecule has 2 aromatic carbocycles. The maximum atomic E-state index is 12.8. The standard InChI is InChI=1S/C18H20FNO/c1-13-5-3-4-6-17(13)14(2)20-18(21)12-9-15-7-10-16(19)11-8-15/h3-8,10-11,14H,9,12H2,1-2H3,(H,20,21)/t14-/m0/s1. The first-order valence-corrected chi connectivity index (χ1v) is 7.15. The number of benzene rings is 2. The van der Waals surface area contributed by atoms with Gasteiger partial charge in [0.2, 0.25) is 5.91 Å². The predicted molar refractivity (Wildman–Crippen MR) is 82.5 cm³/mol. The summed E-state index contributed by atoms with van der Waals surface area (Å²) in [6.07, 6.45) is 1.02. The lowest BCUT2D eigenvalue weighted by Crippen LogP contribution is -2.27. The van der Waals surface area contributed by atoms with Crippen molar-refractivity contribution in [1.82, 2.24) is 5.32 Å².